The van der Waals surface area contributed by atoms with Gasteiger partial charge in [0.25, 0.3) is 5.56 Å². The van der Waals surface area contributed by atoms with E-state index in [4.69, 9.17) is 10.5 Å². The minimum Gasteiger partial charge on any atom is -0.497 e. The molecular weight excluding hydrogens is 432 g/mol. The zero-order valence-electron chi connectivity index (χ0n) is 19.7. The van der Waals surface area contributed by atoms with Gasteiger partial charge in [-0.05, 0) is 31.4 Å². The summed E-state index contributed by atoms with van der Waals surface area (Å²) in [6.07, 6.45) is 5.00. The van der Waals surface area contributed by atoms with Crippen LogP contribution < -0.4 is 20.9 Å². The van der Waals surface area contributed by atoms with E-state index in [-0.39, 0.29) is 23.9 Å². The van der Waals surface area contributed by atoms with Crippen LogP contribution in [0.1, 0.15) is 48.5 Å². The van der Waals surface area contributed by atoms with E-state index >= 15 is 0 Å². The number of aromatic nitrogens is 3. The van der Waals surface area contributed by atoms with E-state index in [2.05, 4.69) is 22.9 Å². The van der Waals surface area contributed by atoms with Crippen molar-refractivity contribution < 1.29 is 9.53 Å². The van der Waals surface area contributed by atoms with E-state index in [9.17, 15) is 14.9 Å². The molecule has 34 heavy (non-hydrogen) atoms. The Bertz CT molecular complexity index is 1300. The van der Waals surface area contributed by atoms with Crippen LogP contribution in [0.5, 0.6) is 5.75 Å². The summed E-state index contributed by atoms with van der Waals surface area (Å²) in [6.45, 7) is 3.91. The Morgan fingerprint density at radius 2 is 2.21 bits per heavy atom. The Hall–Kier alpha value is -3.64. The Kier molecular flexibility index (Phi) is 6.98. The number of carbonyl (C=O) groups excluding carboxylic acids is 1. The van der Waals surface area contributed by atoms with Gasteiger partial charge in [-0.3, -0.25) is 14.2 Å². The summed E-state index contributed by atoms with van der Waals surface area (Å²) in [4.78, 5) is 33.1. The molecule has 2 N–H and O–H groups in total. The summed E-state index contributed by atoms with van der Waals surface area (Å²) in [6, 6.07) is 9.13. The van der Waals surface area contributed by atoms with E-state index in [0.29, 0.717) is 46.8 Å². The molecule has 1 saturated heterocycles. The SMILES string of the molecule is CCCCn1c(N2CCC[C@@H](N)C2)c(C#N)c2ncn(CC(=O)c3cccc(OC)c3)c(=O)c21. The second-order valence-electron chi connectivity index (χ2n) is 8.69. The van der Waals surface area contributed by atoms with Gasteiger partial charge >= 0.3 is 0 Å². The molecule has 0 radical (unpaired) electrons. The molecule has 9 nitrogen and oxygen atoms in total. The third-order valence-electron chi connectivity index (χ3n) is 6.31. The number of fused-ring (bicyclic) bond motifs is 1. The molecule has 4 rings (SSSR count). The lowest BCUT2D eigenvalue weighted by molar-refractivity contribution is 0.0970. The summed E-state index contributed by atoms with van der Waals surface area (Å²) < 4.78 is 8.44. The first-order valence-corrected chi connectivity index (χ1v) is 11.7. The number of rotatable bonds is 8. The largest absolute Gasteiger partial charge is 0.497 e. The lowest BCUT2D eigenvalue weighted by Crippen LogP contribution is -2.44. The molecule has 178 valence electrons. The highest BCUT2D eigenvalue weighted by molar-refractivity contribution is 5.96. The maximum absolute atomic E-state index is 13.6. The van der Waals surface area contributed by atoms with E-state index in [1.165, 1.54) is 18.0 Å². The van der Waals surface area contributed by atoms with Crippen molar-refractivity contribution >= 4 is 22.6 Å². The number of anilines is 1. The zero-order valence-corrected chi connectivity index (χ0v) is 19.7. The van der Waals surface area contributed by atoms with Crippen LogP contribution in [-0.4, -0.2) is 46.1 Å². The first kappa shape index (κ1) is 23.5. The highest BCUT2D eigenvalue weighted by atomic mass is 16.5. The second kappa shape index (κ2) is 10.1. The highest BCUT2D eigenvalue weighted by Crippen LogP contribution is 2.32. The first-order valence-electron chi connectivity index (χ1n) is 11.7. The molecule has 1 aliphatic rings. The minimum atomic E-state index is -0.332. The fraction of sp³-hybridized carbons (Fsp3) is 0.440. The van der Waals surface area contributed by atoms with Crippen molar-refractivity contribution in [3.8, 4) is 11.8 Å². The van der Waals surface area contributed by atoms with Crippen LogP contribution in [0, 0.1) is 11.3 Å². The maximum Gasteiger partial charge on any atom is 0.278 e. The number of unbranched alkanes of at least 4 members (excludes halogenated alkanes) is 1. The number of aryl methyl sites for hydroxylation is 1. The van der Waals surface area contributed by atoms with Gasteiger partial charge in [-0.25, -0.2) is 4.98 Å². The summed E-state index contributed by atoms with van der Waals surface area (Å²) in [7, 11) is 1.54. The van der Waals surface area contributed by atoms with Gasteiger partial charge in [0.2, 0.25) is 0 Å². The molecule has 2 aromatic heterocycles. The van der Waals surface area contributed by atoms with Crippen molar-refractivity contribution in [1.29, 1.82) is 5.26 Å². The number of carbonyl (C=O) groups is 1. The Morgan fingerprint density at radius 3 is 2.91 bits per heavy atom. The molecule has 0 amide bonds. The molecule has 0 bridgehead atoms. The number of hydrogen-bond donors (Lipinski definition) is 1. The average Bonchev–Trinajstić information content (AvgIpc) is 3.18. The molecule has 1 aliphatic heterocycles. The Balaban J connectivity index is 1.81. The molecule has 0 unspecified atom stereocenters. The number of Topliss-reactive ketones (excluding diaryl/α,β-unsaturated/α-hetero) is 1. The van der Waals surface area contributed by atoms with E-state index in [1.54, 1.807) is 24.3 Å². The monoisotopic (exact) mass is 462 g/mol. The van der Waals surface area contributed by atoms with Crippen LogP contribution in [-0.2, 0) is 13.1 Å². The molecule has 1 atom stereocenters. The molecule has 0 saturated carbocycles. The normalized spacial score (nSPS) is 15.9. The quantitative estimate of drug-likeness (QED) is 0.511. The number of nitriles is 1. The summed E-state index contributed by atoms with van der Waals surface area (Å²) in [5.41, 5.74) is 7.47. The van der Waals surface area contributed by atoms with Crippen LogP contribution in [0.2, 0.25) is 0 Å². The number of ketones is 1. The first-order chi connectivity index (χ1) is 16.5. The summed E-state index contributed by atoms with van der Waals surface area (Å²) in [5.74, 6) is 1.06. The Labute approximate surface area is 198 Å². The van der Waals surface area contributed by atoms with Crippen LogP contribution in [0.3, 0.4) is 0 Å². The van der Waals surface area contributed by atoms with Crippen molar-refractivity contribution in [1.82, 2.24) is 14.1 Å². The lowest BCUT2D eigenvalue weighted by atomic mass is 10.1. The maximum atomic E-state index is 13.6. The van der Waals surface area contributed by atoms with Crippen molar-refractivity contribution in [2.45, 2.75) is 51.7 Å². The molecule has 1 fully saturated rings. The van der Waals surface area contributed by atoms with Gasteiger partial charge in [-0.15, -0.1) is 0 Å². The fourth-order valence-electron chi connectivity index (χ4n) is 4.57. The van der Waals surface area contributed by atoms with E-state index < -0.39 is 0 Å². The average molecular weight is 463 g/mol. The third kappa shape index (κ3) is 4.41. The third-order valence-corrected chi connectivity index (χ3v) is 6.31. The van der Waals surface area contributed by atoms with Gasteiger partial charge in [-0.2, -0.15) is 5.26 Å². The minimum absolute atomic E-state index is 0.0167. The molecule has 3 heterocycles. The number of nitrogens with two attached hydrogens (primary N) is 1. The Morgan fingerprint density at radius 1 is 1.38 bits per heavy atom. The van der Waals surface area contributed by atoms with Gasteiger partial charge in [0.15, 0.2) is 5.78 Å². The van der Waals surface area contributed by atoms with Gasteiger partial charge < -0.3 is 19.9 Å². The van der Waals surface area contributed by atoms with Crippen LogP contribution in [0.4, 0.5) is 5.82 Å². The predicted octanol–water partition coefficient (Wildman–Crippen LogP) is 2.69. The molecule has 3 aromatic rings. The second-order valence-corrected chi connectivity index (χ2v) is 8.69. The molecule has 9 heteroatoms. The standard InChI is InChI=1S/C25H30N6O3/c1-3-4-11-31-23-22(20(13-26)24(31)29-10-6-8-18(27)14-29)28-16-30(25(23)33)15-21(32)17-7-5-9-19(12-17)34-2/h5,7,9,12,16,18H,3-4,6,8,10-11,14-15,27H2,1-2H3/t18-/m1/s1. The highest BCUT2D eigenvalue weighted by Gasteiger charge is 2.28. The number of methoxy groups -OCH3 is 1. The van der Waals surface area contributed by atoms with Gasteiger partial charge in [0, 0.05) is 31.2 Å². The van der Waals surface area contributed by atoms with Gasteiger partial charge in [0.1, 0.15) is 34.2 Å². The fourth-order valence-corrected chi connectivity index (χ4v) is 4.57. The number of ether oxygens (including phenoxy) is 1. The summed E-state index contributed by atoms with van der Waals surface area (Å²) in [5, 5.41) is 10.0. The van der Waals surface area contributed by atoms with Crippen molar-refractivity contribution in [2.24, 2.45) is 5.73 Å². The number of nitrogens with zero attached hydrogens (tertiary/aromatic N) is 5. The van der Waals surface area contributed by atoms with Crippen molar-refractivity contribution in [3.63, 3.8) is 0 Å². The summed E-state index contributed by atoms with van der Waals surface area (Å²) >= 11 is 0. The van der Waals surface area contributed by atoms with E-state index in [0.717, 1.165) is 32.2 Å². The lowest BCUT2D eigenvalue weighted by Gasteiger charge is -2.33. The predicted molar refractivity (Wildman–Crippen MR) is 130 cm³/mol. The number of hydrogen-bond acceptors (Lipinski definition) is 7. The smallest absolute Gasteiger partial charge is 0.278 e. The van der Waals surface area contributed by atoms with Crippen LogP contribution in [0.15, 0.2) is 35.4 Å². The van der Waals surface area contributed by atoms with Crippen LogP contribution in [0.25, 0.3) is 11.0 Å². The van der Waals surface area contributed by atoms with Crippen molar-refractivity contribution in [2.75, 3.05) is 25.1 Å². The van der Waals surface area contributed by atoms with Gasteiger partial charge in [0.05, 0.1) is 20.0 Å². The number of benzene rings is 1. The topological polar surface area (TPSA) is 119 Å². The number of piperidine rings is 1. The molecule has 0 aliphatic carbocycles. The van der Waals surface area contributed by atoms with E-state index in [1.807, 2.05) is 4.57 Å². The van der Waals surface area contributed by atoms with Crippen molar-refractivity contribution in [3.05, 3.63) is 52.1 Å². The van der Waals surface area contributed by atoms with Crippen LogP contribution >= 0.6 is 0 Å². The molecule has 1 aromatic carbocycles. The molecule has 0 spiro atoms. The molecular formula is C25H30N6O3. The zero-order chi connectivity index (χ0) is 24.2. The van der Waals surface area contributed by atoms with Gasteiger partial charge in [-0.1, -0.05) is 25.5 Å².